The molecular formula is C11H11BrClNO2. The fraction of sp³-hybridized carbons (Fsp3) is 0.273. The molecule has 0 atom stereocenters. The van der Waals surface area contributed by atoms with E-state index >= 15 is 0 Å². The molecule has 0 bridgehead atoms. The molecule has 3 nitrogen and oxygen atoms in total. The average molecular weight is 305 g/mol. The van der Waals surface area contributed by atoms with Crippen LogP contribution in [-0.2, 0) is 9.59 Å². The molecule has 5 heteroatoms. The summed E-state index contributed by atoms with van der Waals surface area (Å²) in [6, 6.07) is 5.31. The first-order chi connectivity index (χ1) is 7.52. The van der Waals surface area contributed by atoms with Crippen LogP contribution in [0.15, 0.2) is 18.2 Å². The van der Waals surface area contributed by atoms with Crippen LogP contribution in [0.2, 0.25) is 5.02 Å². The van der Waals surface area contributed by atoms with E-state index in [-0.39, 0.29) is 23.4 Å². The SMILES string of the molecule is Cc1ccc(NC(=O)CC(=O)CBr)c(Cl)c1. The van der Waals surface area contributed by atoms with Crippen LogP contribution in [0.4, 0.5) is 5.69 Å². The Balaban J connectivity index is 2.66. The third-order valence-corrected chi connectivity index (χ3v) is 2.84. The molecule has 1 N–H and O–H groups in total. The second kappa shape index (κ2) is 6.01. The Hall–Kier alpha value is -0.870. The van der Waals surface area contributed by atoms with Gasteiger partial charge in [0.1, 0.15) is 0 Å². The summed E-state index contributed by atoms with van der Waals surface area (Å²) < 4.78 is 0. The highest BCUT2D eigenvalue weighted by atomic mass is 79.9. The number of Topliss-reactive ketones (excluding diaryl/α,β-unsaturated/α-hetero) is 1. The predicted octanol–water partition coefficient (Wildman–Crippen LogP) is 2.94. The number of hydrogen-bond acceptors (Lipinski definition) is 2. The summed E-state index contributed by atoms with van der Waals surface area (Å²) in [5.74, 6) is -0.518. The number of carbonyl (C=O) groups is 2. The third kappa shape index (κ3) is 3.94. The summed E-state index contributed by atoms with van der Waals surface area (Å²) in [5.41, 5.74) is 1.54. The highest BCUT2D eigenvalue weighted by molar-refractivity contribution is 9.09. The second-order valence-electron chi connectivity index (χ2n) is 3.38. The number of nitrogens with one attached hydrogen (secondary N) is 1. The van der Waals surface area contributed by atoms with Gasteiger partial charge in [0.05, 0.1) is 22.5 Å². The molecule has 0 saturated carbocycles. The maximum Gasteiger partial charge on any atom is 0.231 e. The van der Waals surface area contributed by atoms with Crippen molar-refractivity contribution in [2.45, 2.75) is 13.3 Å². The molecule has 86 valence electrons. The molecular weight excluding hydrogens is 293 g/mol. The number of amides is 1. The van der Waals surface area contributed by atoms with E-state index in [0.717, 1.165) is 5.56 Å². The smallest absolute Gasteiger partial charge is 0.231 e. The first-order valence-electron chi connectivity index (χ1n) is 4.66. The maximum absolute atomic E-state index is 11.4. The molecule has 0 aliphatic carbocycles. The fourth-order valence-electron chi connectivity index (χ4n) is 1.14. The lowest BCUT2D eigenvalue weighted by molar-refractivity contribution is -0.123. The molecule has 0 spiro atoms. The van der Waals surface area contributed by atoms with E-state index in [0.29, 0.717) is 10.7 Å². The first-order valence-corrected chi connectivity index (χ1v) is 6.16. The van der Waals surface area contributed by atoms with Crippen LogP contribution >= 0.6 is 27.5 Å². The van der Waals surface area contributed by atoms with Gasteiger partial charge >= 0.3 is 0 Å². The summed E-state index contributed by atoms with van der Waals surface area (Å²) >= 11 is 8.93. The summed E-state index contributed by atoms with van der Waals surface area (Å²) in [6.07, 6.45) is -0.143. The zero-order valence-corrected chi connectivity index (χ0v) is 11.1. The fourth-order valence-corrected chi connectivity index (χ4v) is 1.62. The summed E-state index contributed by atoms with van der Waals surface area (Å²) in [7, 11) is 0. The lowest BCUT2D eigenvalue weighted by Gasteiger charge is -2.06. The van der Waals surface area contributed by atoms with Crippen molar-refractivity contribution < 1.29 is 9.59 Å². The quantitative estimate of drug-likeness (QED) is 0.686. The van der Waals surface area contributed by atoms with Crippen LogP contribution in [0.25, 0.3) is 0 Å². The Kier molecular flexibility index (Phi) is 4.96. The molecule has 1 rings (SSSR count). The maximum atomic E-state index is 11.4. The van der Waals surface area contributed by atoms with E-state index in [2.05, 4.69) is 21.2 Å². The van der Waals surface area contributed by atoms with Gasteiger partial charge in [0.15, 0.2) is 5.78 Å². The van der Waals surface area contributed by atoms with Gasteiger partial charge in [0, 0.05) is 0 Å². The minimum Gasteiger partial charge on any atom is -0.324 e. The van der Waals surface area contributed by atoms with Gasteiger partial charge in [-0.25, -0.2) is 0 Å². The molecule has 0 aromatic heterocycles. The molecule has 1 amide bonds. The molecule has 0 fully saturated rings. The minimum atomic E-state index is -0.352. The highest BCUT2D eigenvalue weighted by Gasteiger charge is 2.09. The second-order valence-corrected chi connectivity index (χ2v) is 4.35. The van der Waals surface area contributed by atoms with Crippen LogP contribution in [0.3, 0.4) is 0 Å². The van der Waals surface area contributed by atoms with E-state index in [1.807, 2.05) is 13.0 Å². The van der Waals surface area contributed by atoms with Crippen molar-refractivity contribution in [1.82, 2.24) is 0 Å². The lowest BCUT2D eigenvalue weighted by atomic mass is 10.2. The largest absolute Gasteiger partial charge is 0.324 e. The van der Waals surface area contributed by atoms with Gasteiger partial charge in [-0.15, -0.1) is 0 Å². The van der Waals surface area contributed by atoms with Crippen molar-refractivity contribution in [3.05, 3.63) is 28.8 Å². The zero-order chi connectivity index (χ0) is 12.1. The van der Waals surface area contributed by atoms with Gasteiger partial charge in [0.2, 0.25) is 5.91 Å². The van der Waals surface area contributed by atoms with E-state index in [1.165, 1.54) is 0 Å². The average Bonchev–Trinajstić information content (AvgIpc) is 2.22. The van der Waals surface area contributed by atoms with Crippen LogP contribution < -0.4 is 5.32 Å². The topological polar surface area (TPSA) is 46.2 Å². The van der Waals surface area contributed by atoms with Gasteiger partial charge in [0.25, 0.3) is 0 Å². The van der Waals surface area contributed by atoms with Crippen molar-refractivity contribution in [3.8, 4) is 0 Å². The monoisotopic (exact) mass is 303 g/mol. The van der Waals surface area contributed by atoms with E-state index < -0.39 is 0 Å². The van der Waals surface area contributed by atoms with Gasteiger partial charge in [-0.05, 0) is 24.6 Å². The van der Waals surface area contributed by atoms with E-state index in [1.54, 1.807) is 12.1 Å². The van der Waals surface area contributed by atoms with Crippen molar-refractivity contribution in [2.75, 3.05) is 10.6 Å². The van der Waals surface area contributed by atoms with E-state index in [9.17, 15) is 9.59 Å². The number of hydrogen-bond donors (Lipinski definition) is 1. The van der Waals surface area contributed by atoms with E-state index in [4.69, 9.17) is 11.6 Å². The Morgan fingerprint density at radius 3 is 2.69 bits per heavy atom. The van der Waals surface area contributed by atoms with Crippen LogP contribution in [0.1, 0.15) is 12.0 Å². The van der Waals surface area contributed by atoms with Crippen molar-refractivity contribution in [1.29, 1.82) is 0 Å². The molecule has 0 aliphatic rings. The van der Waals surface area contributed by atoms with Crippen LogP contribution in [0.5, 0.6) is 0 Å². The summed E-state index contributed by atoms with van der Waals surface area (Å²) in [6.45, 7) is 1.91. The van der Waals surface area contributed by atoms with Crippen LogP contribution in [0, 0.1) is 6.92 Å². The van der Waals surface area contributed by atoms with Gasteiger partial charge in [-0.3, -0.25) is 9.59 Å². The minimum absolute atomic E-state index is 0.143. The van der Waals surface area contributed by atoms with Crippen molar-refractivity contribution in [3.63, 3.8) is 0 Å². The van der Waals surface area contributed by atoms with Gasteiger partial charge < -0.3 is 5.32 Å². The highest BCUT2D eigenvalue weighted by Crippen LogP contribution is 2.22. The third-order valence-electron chi connectivity index (χ3n) is 1.91. The van der Waals surface area contributed by atoms with Gasteiger partial charge in [-0.1, -0.05) is 33.6 Å². The van der Waals surface area contributed by atoms with Crippen molar-refractivity contribution in [2.24, 2.45) is 0 Å². The van der Waals surface area contributed by atoms with Crippen molar-refractivity contribution >= 4 is 44.9 Å². The number of anilines is 1. The summed E-state index contributed by atoms with van der Waals surface area (Å²) in [4.78, 5) is 22.4. The number of alkyl halides is 1. The standard InChI is InChI=1S/C11H11BrClNO2/c1-7-2-3-10(9(13)4-7)14-11(16)5-8(15)6-12/h2-4H,5-6H2,1H3,(H,14,16). The Bertz CT molecular complexity index is 420. The molecule has 0 unspecified atom stereocenters. The predicted molar refractivity (Wildman–Crippen MR) is 68.2 cm³/mol. The molecule has 16 heavy (non-hydrogen) atoms. The lowest BCUT2D eigenvalue weighted by Crippen LogP contribution is -2.17. The van der Waals surface area contributed by atoms with Crippen LogP contribution in [-0.4, -0.2) is 17.0 Å². The number of ketones is 1. The molecule has 0 saturated heterocycles. The number of aryl methyl sites for hydroxylation is 1. The number of rotatable bonds is 4. The molecule has 0 heterocycles. The number of benzene rings is 1. The molecule has 0 aliphatic heterocycles. The Morgan fingerprint density at radius 2 is 2.12 bits per heavy atom. The zero-order valence-electron chi connectivity index (χ0n) is 8.72. The molecule has 1 aromatic rings. The molecule has 1 aromatic carbocycles. The Labute approximate surface area is 107 Å². The number of halogens is 2. The Morgan fingerprint density at radius 1 is 1.44 bits per heavy atom. The normalized spacial score (nSPS) is 9.94. The molecule has 0 radical (unpaired) electrons. The first kappa shape index (κ1) is 13.2. The number of carbonyl (C=O) groups excluding carboxylic acids is 2. The summed E-state index contributed by atoms with van der Waals surface area (Å²) in [5, 5.41) is 3.24. The van der Waals surface area contributed by atoms with Gasteiger partial charge in [-0.2, -0.15) is 0 Å².